The Morgan fingerprint density at radius 3 is 2.46 bits per heavy atom. The van der Waals surface area contributed by atoms with Gasteiger partial charge in [-0.1, -0.05) is 36.4 Å². The summed E-state index contributed by atoms with van der Waals surface area (Å²) in [6.07, 6.45) is 0. The van der Waals surface area contributed by atoms with Crippen molar-refractivity contribution in [1.29, 1.82) is 0 Å². The van der Waals surface area contributed by atoms with Crippen LogP contribution in [0.1, 0.15) is 37.8 Å². The number of furan rings is 1. The molecule has 5 heteroatoms. The van der Waals surface area contributed by atoms with Crippen molar-refractivity contribution in [2.75, 3.05) is 0 Å². The molecule has 0 fully saturated rings. The lowest BCUT2D eigenvalue weighted by Crippen LogP contribution is -2.22. The number of carbonyl (C=O) groups excluding carboxylic acids is 2. The number of nitrogens with one attached hydrogen (secondary N) is 1. The molecule has 5 nitrogen and oxygen atoms in total. The van der Waals surface area contributed by atoms with E-state index in [9.17, 15) is 9.59 Å². The molecule has 1 aliphatic carbocycles. The zero-order chi connectivity index (χ0) is 16.8. The molecule has 1 N–H and O–H groups in total. The molecule has 0 atom stereocenters. The van der Waals surface area contributed by atoms with Gasteiger partial charge >= 0.3 is 0 Å². The van der Waals surface area contributed by atoms with Crippen molar-refractivity contribution in [2.45, 2.75) is 13.8 Å². The summed E-state index contributed by atoms with van der Waals surface area (Å²) in [5, 5.41) is 5.96. The third-order valence-corrected chi connectivity index (χ3v) is 4.17. The largest absolute Gasteiger partial charge is 0.466 e. The molecule has 1 amide bonds. The van der Waals surface area contributed by atoms with Crippen LogP contribution in [0.5, 0.6) is 0 Å². The highest BCUT2D eigenvalue weighted by Gasteiger charge is 2.29. The van der Waals surface area contributed by atoms with E-state index in [1.807, 2.05) is 30.3 Å². The summed E-state index contributed by atoms with van der Waals surface area (Å²) in [4.78, 5) is 24.9. The Morgan fingerprint density at radius 1 is 1.08 bits per heavy atom. The average Bonchev–Trinajstić information content (AvgIpc) is 3.05. The monoisotopic (exact) mass is 318 g/mol. The van der Waals surface area contributed by atoms with Crippen LogP contribution >= 0.6 is 0 Å². The number of rotatable bonds is 2. The molecular formula is C19H14N2O3. The maximum atomic E-state index is 12.6. The van der Waals surface area contributed by atoms with Crippen molar-refractivity contribution < 1.29 is 14.0 Å². The first kappa shape index (κ1) is 14.4. The average molecular weight is 318 g/mol. The first-order valence-corrected chi connectivity index (χ1v) is 7.58. The summed E-state index contributed by atoms with van der Waals surface area (Å²) in [7, 11) is 0. The van der Waals surface area contributed by atoms with Gasteiger partial charge in [0.05, 0.1) is 5.56 Å². The van der Waals surface area contributed by atoms with Crippen LogP contribution in [-0.2, 0) is 0 Å². The Balaban J connectivity index is 1.72. The number of aryl methyl sites for hydroxylation is 2. The number of benzene rings is 2. The van der Waals surface area contributed by atoms with Crippen LogP contribution in [0.15, 0.2) is 52.0 Å². The summed E-state index contributed by atoms with van der Waals surface area (Å²) in [6.45, 7) is 3.49. The summed E-state index contributed by atoms with van der Waals surface area (Å²) in [5.74, 6) is 0.600. The molecule has 1 aromatic heterocycles. The van der Waals surface area contributed by atoms with Gasteiger partial charge in [0, 0.05) is 16.5 Å². The molecule has 118 valence electrons. The minimum atomic E-state index is -0.396. The lowest BCUT2D eigenvalue weighted by molar-refractivity contribution is 0.0953. The topological polar surface area (TPSA) is 71.7 Å². The second kappa shape index (κ2) is 5.16. The van der Waals surface area contributed by atoms with Gasteiger partial charge in [-0.2, -0.15) is 5.10 Å². The molecule has 1 heterocycles. The fourth-order valence-electron chi connectivity index (χ4n) is 3.11. The van der Waals surface area contributed by atoms with E-state index in [1.54, 1.807) is 26.0 Å². The standard InChI is InChI=1S/C19H14N2O3/c1-10-9-15(11(2)24-10)19(23)21-20-17-13-7-3-5-12-6-4-8-14(16(12)13)18(17)22/h3-9H,1-2H3,(H,21,23)/b20-17+. The molecule has 0 saturated heterocycles. The summed E-state index contributed by atoms with van der Waals surface area (Å²) < 4.78 is 5.35. The van der Waals surface area contributed by atoms with E-state index >= 15 is 0 Å². The van der Waals surface area contributed by atoms with Gasteiger partial charge in [0.2, 0.25) is 5.78 Å². The Bertz CT molecular complexity index is 1040. The fraction of sp³-hybridized carbons (Fsp3) is 0.105. The quantitative estimate of drug-likeness (QED) is 0.736. The van der Waals surface area contributed by atoms with Gasteiger partial charge in [-0.3, -0.25) is 9.59 Å². The SMILES string of the molecule is Cc1cc(C(=O)N/N=C2/C(=O)c3cccc4cccc2c34)c(C)o1. The van der Waals surface area contributed by atoms with Gasteiger partial charge in [0.25, 0.3) is 5.91 Å². The Kier molecular flexibility index (Phi) is 3.09. The van der Waals surface area contributed by atoms with E-state index in [-0.39, 0.29) is 11.5 Å². The van der Waals surface area contributed by atoms with E-state index in [1.165, 1.54) is 0 Å². The van der Waals surface area contributed by atoms with Crippen LogP contribution < -0.4 is 5.43 Å². The highest BCUT2D eigenvalue weighted by atomic mass is 16.3. The van der Waals surface area contributed by atoms with E-state index in [2.05, 4.69) is 10.5 Å². The van der Waals surface area contributed by atoms with Crippen LogP contribution in [0.2, 0.25) is 0 Å². The summed E-state index contributed by atoms with van der Waals surface area (Å²) >= 11 is 0. The van der Waals surface area contributed by atoms with E-state index in [4.69, 9.17) is 4.42 Å². The zero-order valence-electron chi connectivity index (χ0n) is 13.2. The molecule has 0 aliphatic heterocycles. The van der Waals surface area contributed by atoms with Gasteiger partial charge in [0.1, 0.15) is 17.2 Å². The normalized spacial score (nSPS) is 14.6. The first-order chi connectivity index (χ1) is 11.6. The molecule has 1 aliphatic rings. The number of Topliss-reactive ketones (excluding diaryl/α,β-unsaturated/α-hetero) is 1. The lowest BCUT2D eigenvalue weighted by Gasteiger charge is -2.01. The second-order valence-corrected chi connectivity index (χ2v) is 5.77. The Labute approximate surface area is 138 Å². The lowest BCUT2D eigenvalue weighted by atomic mass is 10.1. The predicted octanol–water partition coefficient (Wildman–Crippen LogP) is 3.38. The number of hydrogen-bond acceptors (Lipinski definition) is 4. The van der Waals surface area contributed by atoms with Crippen LogP contribution in [0, 0.1) is 13.8 Å². The molecular weight excluding hydrogens is 304 g/mol. The molecule has 3 aromatic rings. The first-order valence-electron chi connectivity index (χ1n) is 7.58. The third-order valence-electron chi connectivity index (χ3n) is 4.17. The number of hydrogen-bond donors (Lipinski definition) is 1. The predicted molar refractivity (Wildman–Crippen MR) is 90.5 cm³/mol. The smallest absolute Gasteiger partial charge is 0.274 e. The maximum Gasteiger partial charge on any atom is 0.274 e. The molecule has 24 heavy (non-hydrogen) atoms. The molecule has 4 rings (SSSR count). The van der Waals surface area contributed by atoms with Gasteiger partial charge in [-0.15, -0.1) is 0 Å². The third kappa shape index (κ3) is 2.06. The highest BCUT2D eigenvalue weighted by molar-refractivity contribution is 6.59. The Hall–Kier alpha value is -3.21. The number of amides is 1. The van der Waals surface area contributed by atoms with Crippen LogP contribution in [0.25, 0.3) is 10.8 Å². The zero-order valence-corrected chi connectivity index (χ0v) is 13.2. The van der Waals surface area contributed by atoms with Crippen LogP contribution in [0.4, 0.5) is 0 Å². The van der Waals surface area contributed by atoms with Gasteiger partial charge < -0.3 is 4.42 Å². The van der Waals surface area contributed by atoms with Gasteiger partial charge in [0.15, 0.2) is 0 Å². The molecule has 0 unspecified atom stereocenters. The molecule has 2 aromatic carbocycles. The highest BCUT2D eigenvalue weighted by Crippen LogP contribution is 2.30. The Morgan fingerprint density at radius 2 is 1.79 bits per heavy atom. The summed E-state index contributed by atoms with van der Waals surface area (Å²) in [5.41, 5.74) is 4.50. The number of nitrogens with zero attached hydrogens (tertiary/aromatic N) is 1. The minimum absolute atomic E-state index is 0.179. The summed E-state index contributed by atoms with van der Waals surface area (Å²) in [6, 6.07) is 12.9. The van der Waals surface area contributed by atoms with Crippen LogP contribution in [0.3, 0.4) is 0 Å². The molecule has 0 bridgehead atoms. The molecule has 0 spiro atoms. The van der Waals surface area contributed by atoms with E-state index < -0.39 is 5.91 Å². The van der Waals surface area contributed by atoms with Gasteiger partial charge in [-0.05, 0) is 25.3 Å². The number of hydrazone groups is 1. The van der Waals surface area contributed by atoms with Crippen molar-refractivity contribution in [3.8, 4) is 0 Å². The van der Waals surface area contributed by atoms with Crippen molar-refractivity contribution >= 4 is 28.2 Å². The number of carbonyl (C=O) groups is 2. The second-order valence-electron chi connectivity index (χ2n) is 5.77. The maximum absolute atomic E-state index is 12.6. The minimum Gasteiger partial charge on any atom is -0.466 e. The van der Waals surface area contributed by atoms with Crippen molar-refractivity contribution in [1.82, 2.24) is 5.43 Å². The molecule has 0 radical (unpaired) electrons. The van der Waals surface area contributed by atoms with Crippen molar-refractivity contribution in [3.63, 3.8) is 0 Å². The van der Waals surface area contributed by atoms with Crippen molar-refractivity contribution in [2.24, 2.45) is 5.10 Å². The molecule has 0 saturated carbocycles. The van der Waals surface area contributed by atoms with Crippen molar-refractivity contribution in [3.05, 3.63) is 70.7 Å². The van der Waals surface area contributed by atoms with Crippen LogP contribution in [-0.4, -0.2) is 17.4 Å². The van der Waals surface area contributed by atoms with E-state index in [0.717, 1.165) is 16.3 Å². The fourth-order valence-corrected chi connectivity index (χ4v) is 3.11. The van der Waals surface area contributed by atoms with E-state index in [0.29, 0.717) is 22.6 Å². The van der Waals surface area contributed by atoms with Gasteiger partial charge in [-0.25, -0.2) is 5.43 Å². The number of ketones is 1.